The molecule has 5 atom stereocenters. The first-order valence-corrected chi connectivity index (χ1v) is 7.74. The molecular formula is C16H30O3. The molecule has 0 bridgehead atoms. The third kappa shape index (κ3) is 2.34. The summed E-state index contributed by atoms with van der Waals surface area (Å²) in [5, 5.41) is 30.0. The lowest BCUT2D eigenvalue weighted by molar-refractivity contribution is -0.181. The molecule has 2 aliphatic carbocycles. The van der Waals surface area contributed by atoms with Crippen molar-refractivity contribution in [3.05, 3.63) is 0 Å². The van der Waals surface area contributed by atoms with Crippen LogP contribution in [0.25, 0.3) is 0 Å². The second-order valence-electron chi connectivity index (χ2n) is 7.68. The van der Waals surface area contributed by atoms with E-state index in [1.165, 1.54) is 0 Å². The van der Waals surface area contributed by atoms with E-state index in [0.717, 1.165) is 32.1 Å². The van der Waals surface area contributed by atoms with Crippen LogP contribution in [0, 0.1) is 22.7 Å². The smallest absolute Gasteiger partial charge is 0.0654 e. The molecule has 0 aromatic heterocycles. The van der Waals surface area contributed by atoms with E-state index in [1.807, 2.05) is 6.92 Å². The van der Waals surface area contributed by atoms with E-state index in [2.05, 4.69) is 13.8 Å². The van der Waals surface area contributed by atoms with Gasteiger partial charge >= 0.3 is 0 Å². The van der Waals surface area contributed by atoms with Gasteiger partial charge in [0, 0.05) is 13.2 Å². The SMILES string of the molecule is C[C@]1(CO)CCC[C@@]2(C)C1CC[C@@](C)(O)[C@@H]2CCO. The van der Waals surface area contributed by atoms with Crippen molar-refractivity contribution < 1.29 is 15.3 Å². The largest absolute Gasteiger partial charge is 0.396 e. The van der Waals surface area contributed by atoms with Gasteiger partial charge in [-0.3, -0.25) is 0 Å². The third-order valence-electron chi connectivity index (χ3n) is 6.37. The predicted octanol–water partition coefficient (Wildman–Crippen LogP) is 2.33. The Morgan fingerprint density at radius 1 is 1.05 bits per heavy atom. The van der Waals surface area contributed by atoms with E-state index in [9.17, 15) is 15.3 Å². The molecule has 1 unspecified atom stereocenters. The first kappa shape index (κ1) is 15.3. The van der Waals surface area contributed by atoms with Gasteiger partial charge in [0.25, 0.3) is 0 Å². The van der Waals surface area contributed by atoms with Crippen molar-refractivity contribution in [2.75, 3.05) is 13.2 Å². The Labute approximate surface area is 117 Å². The normalized spacial score (nSPS) is 50.8. The Balaban J connectivity index is 2.36. The highest BCUT2D eigenvalue weighted by atomic mass is 16.3. The van der Waals surface area contributed by atoms with E-state index in [4.69, 9.17) is 0 Å². The van der Waals surface area contributed by atoms with Gasteiger partial charge in [0.05, 0.1) is 5.60 Å². The molecule has 0 amide bonds. The van der Waals surface area contributed by atoms with Gasteiger partial charge in [-0.2, -0.15) is 0 Å². The molecule has 0 radical (unpaired) electrons. The maximum Gasteiger partial charge on any atom is 0.0654 e. The van der Waals surface area contributed by atoms with Crippen LogP contribution in [0.3, 0.4) is 0 Å². The van der Waals surface area contributed by atoms with Crippen LogP contribution in [0.1, 0.15) is 59.3 Å². The number of hydrogen-bond donors (Lipinski definition) is 3. The molecule has 2 saturated carbocycles. The summed E-state index contributed by atoms with van der Waals surface area (Å²) in [5.74, 6) is 0.588. The average molecular weight is 270 g/mol. The molecule has 0 aromatic carbocycles. The molecular weight excluding hydrogens is 240 g/mol. The van der Waals surface area contributed by atoms with Gasteiger partial charge in [0.2, 0.25) is 0 Å². The monoisotopic (exact) mass is 270 g/mol. The van der Waals surface area contributed by atoms with Crippen LogP contribution in [0.4, 0.5) is 0 Å². The second kappa shape index (κ2) is 5.01. The van der Waals surface area contributed by atoms with Crippen LogP contribution in [0.2, 0.25) is 0 Å². The maximum absolute atomic E-state index is 10.7. The highest BCUT2D eigenvalue weighted by Crippen LogP contribution is 2.62. The zero-order chi connectivity index (χ0) is 14.3. The fraction of sp³-hybridized carbons (Fsp3) is 1.00. The first-order valence-electron chi connectivity index (χ1n) is 7.74. The van der Waals surface area contributed by atoms with E-state index < -0.39 is 5.60 Å². The number of rotatable bonds is 3. The quantitative estimate of drug-likeness (QED) is 0.737. The lowest BCUT2D eigenvalue weighted by Gasteiger charge is -2.61. The zero-order valence-electron chi connectivity index (χ0n) is 12.7. The number of aliphatic hydroxyl groups is 3. The molecule has 19 heavy (non-hydrogen) atoms. The van der Waals surface area contributed by atoms with Gasteiger partial charge in [-0.15, -0.1) is 0 Å². The fourth-order valence-corrected chi connectivity index (χ4v) is 5.39. The molecule has 3 heteroatoms. The predicted molar refractivity (Wildman–Crippen MR) is 75.7 cm³/mol. The van der Waals surface area contributed by atoms with E-state index in [-0.39, 0.29) is 30.0 Å². The summed E-state index contributed by atoms with van der Waals surface area (Å²) in [5.41, 5.74) is -0.654. The highest BCUT2D eigenvalue weighted by Gasteiger charge is 2.58. The van der Waals surface area contributed by atoms with Crippen LogP contribution in [-0.4, -0.2) is 34.1 Å². The van der Waals surface area contributed by atoms with Gasteiger partial charge < -0.3 is 15.3 Å². The van der Waals surface area contributed by atoms with Crippen molar-refractivity contribution >= 4 is 0 Å². The molecule has 0 aliphatic heterocycles. The minimum atomic E-state index is -0.679. The zero-order valence-corrected chi connectivity index (χ0v) is 12.7. The molecule has 2 aliphatic rings. The van der Waals surface area contributed by atoms with Crippen LogP contribution < -0.4 is 0 Å². The molecule has 112 valence electrons. The lowest BCUT2D eigenvalue weighted by atomic mass is 9.45. The van der Waals surface area contributed by atoms with Crippen LogP contribution in [0.5, 0.6) is 0 Å². The Bertz CT molecular complexity index is 324. The maximum atomic E-state index is 10.7. The molecule has 3 nitrogen and oxygen atoms in total. The summed E-state index contributed by atoms with van der Waals surface area (Å²) in [6.45, 7) is 6.78. The minimum absolute atomic E-state index is 0.0167. The standard InChI is InChI=1S/C16H30O3/c1-14(11-18)7-4-8-15(2)12(14)5-9-16(3,19)13(15)6-10-17/h12-13,17-19H,4-11H2,1-3H3/t12?,13-,14-,15+,16-/m1/s1. The van der Waals surface area contributed by atoms with Crippen molar-refractivity contribution in [3.8, 4) is 0 Å². The van der Waals surface area contributed by atoms with Crippen molar-refractivity contribution in [1.29, 1.82) is 0 Å². The summed E-state index contributed by atoms with van der Waals surface area (Å²) >= 11 is 0. The molecule has 0 spiro atoms. The number of hydrogen-bond acceptors (Lipinski definition) is 3. The average Bonchev–Trinajstić information content (AvgIpc) is 2.33. The molecule has 0 aromatic rings. The number of aliphatic hydroxyl groups excluding tert-OH is 2. The van der Waals surface area contributed by atoms with Gasteiger partial charge in [-0.05, 0) is 61.7 Å². The summed E-state index contributed by atoms with van der Waals surface area (Å²) in [4.78, 5) is 0. The van der Waals surface area contributed by atoms with Crippen LogP contribution >= 0.6 is 0 Å². The van der Waals surface area contributed by atoms with E-state index in [1.54, 1.807) is 0 Å². The second-order valence-corrected chi connectivity index (χ2v) is 7.68. The molecule has 0 saturated heterocycles. The first-order chi connectivity index (χ1) is 8.80. The van der Waals surface area contributed by atoms with Crippen molar-refractivity contribution in [3.63, 3.8) is 0 Å². The Hall–Kier alpha value is -0.120. The highest BCUT2D eigenvalue weighted by molar-refractivity contribution is 5.08. The lowest BCUT2D eigenvalue weighted by Crippen LogP contribution is -2.59. The van der Waals surface area contributed by atoms with Crippen molar-refractivity contribution in [2.24, 2.45) is 22.7 Å². The van der Waals surface area contributed by atoms with Crippen LogP contribution in [-0.2, 0) is 0 Å². The molecule has 2 fully saturated rings. The molecule has 2 rings (SSSR count). The summed E-state index contributed by atoms with van der Waals surface area (Å²) in [6, 6.07) is 0. The van der Waals surface area contributed by atoms with Gasteiger partial charge in [-0.1, -0.05) is 20.3 Å². The Kier molecular flexibility index (Phi) is 4.03. The summed E-state index contributed by atoms with van der Waals surface area (Å²) in [7, 11) is 0. The van der Waals surface area contributed by atoms with E-state index >= 15 is 0 Å². The third-order valence-corrected chi connectivity index (χ3v) is 6.37. The molecule has 3 N–H and O–H groups in total. The Morgan fingerprint density at radius 2 is 1.74 bits per heavy atom. The topological polar surface area (TPSA) is 60.7 Å². The minimum Gasteiger partial charge on any atom is -0.396 e. The van der Waals surface area contributed by atoms with Gasteiger partial charge in [0.15, 0.2) is 0 Å². The van der Waals surface area contributed by atoms with Crippen LogP contribution in [0.15, 0.2) is 0 Å². The fourth-order valence-electron chi connectivity index (χ4n) is 5.39. The molecule has 0 heterocycles. The van der Waals surface area contributed by atoms with Crippen molar-refractivity contribution in [2.45, 2.75) is 64.9 Å². The summed E-state index contributed by atoms with van der Waals surface area (Å²) in [6.07, 6.45) is 5.74. The van der Waals surface area contributed by atoms with Gasteiger partial charge in [-0.25, -0.2) is 0 Å². The van der Waals surface area contributed by atoms with Crippen molar-refractivity contribution in [1.82, 2.24) is 0 Å². The van der Waals surface area contributed by atoms with E-state index in [0.29, 0.717) is 12.3 Å². The van der Waals surface area contributed by atoms with Gasteiger partial charge in [0.1, 0.15) is 0 Å². The number of fused-ring (bicyclic) bond motifs is 1. The summed E-state index contributed by atoms with van der Waals surface area (Å²) < 4.78 is 0. The Morgan fingerprint density at radius 3 is 2.32 bits per heavy atom.